The van der Waals surface area contributed by atoms with Crippen LogP contribution < -0.4 is 5.32 Å². The largest absolute Gasteiger partial charge is 0.454 e. The van der Waals surface area contributed by atoms with Crippen LogP contribution in [-0.2, 0) is 22.6 Å². The van der Waals surface area contributed by atoms with Gasteiger partial charge in [0.05, 0.1) is 10.6 Å². The fourth-order valence-electron chi connectivity index (χ4n) is 2.03. The lowest BCUT2D eigenvalue weighted by atomic mass is 10.1. The molecule has 1 heterocycles. The average Bonchev–Trinajstić information content (AvgIpc) is 2.99. The molecular formula is C17H20ClN3O4. The van der Waals surface area contributed by atoms with Gasteiger partial charge in [-0.05, 0) is 25.0 Å². The number of halogens is 1. The standard InChI is InChI=1S/C17H20ClN3O4/c1-10(2)8-14-20-15(25-21-14)9-24-17(23)11(3)19-16(22)12-6-4-5-7-13(12)18/h4-7,10-11H,8-9H2,1-3H3,(H,19,22)/t11-/m0/s1. The van der Waals surface area contributed by atoms with Crippen LogP contribution in [0.4, 0.5) is 0 Å². The maximum Gasteiger partial charge on any atom is 0.328 e. The van der Waals surface area contributed by atoms with E-state index in [2.05, 4.69) is 15.5 Å². The lowest BCUT2D eigenvalue weighted by molar-refractivity contribution is -0.147. The van der Waals surface area contributed by atoms with E-state index in [4.69, 9.17) is 20.9 Å². The van der Waals surface area contributed by atoms with Gasteiger partial charge in [-0.2, -0.15) is 4.98 Å². The summed E-state index contributed by atoms with van der Waals surface area (Å²) in [6.07, 6.45) is 0.682. The molecule has 1 atom stereocenters. The molecule has 0 spiro atoms. The molecule has 0 saturated heterocycles. The molecule has 0 aliphatic heterocycles. The molecule has 1 aromatic heterocycles. The van der Waals surface area contributed by atoms with Crippen LogP contribution >= 0.6 is 11.6 Å². The van der Waals surface area contributed by atoms with Crippen molar-refractivity contribution in [1.82, 2.24) is 15.5 Å². The molecule has 0 radical (unpaired) electrons. The van der Waals surface area contributed by atoms with Gasteiger partial charge in [0.2, 0.25) is 0 Å². The first-order valence-corrected chi connectivity index (χ1v) is 8.28. The highest BCUT2D eigenvalue weighted by Gasteiger charge is 2.20. The minimum absolute atomic E-state index is 0.143. The second kappa shape index (κ2) is 8.62. The van der Waals surface area contributed by atoms with Crippen LogP contribution in [0, 0.1) is 5.92 Å². The topological polar surface area (TPSA) is 94.3 Å². The molecular weight excluding hydrogens is 346 g/mol. The van der Waals surface area contributed by atoms with Crippen molar-refractivity contribution < 1.29 is 18.8 Å². The smallest absolute Gasteiger partial charge is 0.328 e. The number of nitrogens with one attached hydrogen (secondary N) is 1. The Bertz CT molecular complexity index is 745. The van der Waals surface area contributed by atoms with Crippen LogP contribution in [0.2, 0.25) is 5.02 Å². The van der Waals surface area contributed by atoms with E-state index in [9.17, 15) is 9.59 Å². The van der Waals surface area contributed by atoms with Gasteiger partial charge >= 0.3 is 5.97 Å². The summed E-state index contributed by atoms with van der Waals surface area (Å²) in [6, 6.07) is 5.73. The third-order valence-corrected chi connectivity index (χ3v) is 3.59. The Morgan fingerprint density at radius 1 is 1.28 bits per heavy atom. The zero-order chi connectivity index (χ0) is 18.4. The highest BCUT2D eigenvalue weighted by atomic mass is 35.5. The van der Waals surface area contributed by atoms with Gasteiger partial charge in [0.15, 0.2) is 12.4 Å². The number of nitrogens with zero attached hydrogens (tertiary/aromatic N) is 2. The van der Waals surface area contributed by atoms with Gasteiger partial charge in [-0.15, -0.1) is 0 Å². The molecule has 0 unspecified atom stereocenters. The van der Waals surface area contributed by atoms with E-state index in [0.717, 1.165) is 0 Å². The van der Waals surface area contributed by atoms with Gasteiger partial charge < -0.3 is 14.6 Å². The zero-order valence-electron chi connectivity index (χ0n) is 14.3. The Balaban J connectivity index is 1.85. The molecule has 7 nitrogen and oxygen atoms in total. The predicted octanol–water partition coefficient (Wildman–Crippen LogP) is 2.78. The van der Waals surface area contributed by atoms with Crippen molar-refractivity contribution in [2.75, 3.05) is 0 Å². The van der Waals surface area contributed by atoms with Crippen LogP contribution in [0.3, 0.4) is 0 Å². The number of esters is 1. The number of hydrogen-bond acceptors (Lipinski definition) is 6. The van der Waals surface area contributed by atoms with Gasteiger partial charge in [0.1, 0.15) is 6.04 Å². The van der Waals surface area contributed by atoms with E-state index < -0.39 is 17.9 Å². The van der Waals surface area contributed by atoms with Gasteiger partial charge in [-0.3, -0.25) is 4.79 Å². The lowest BCUT2D eigenvalue weighted by Gasteiger charge is -2.13. The molecule has 0 saturated carbocycles. The molecule has 0 aliphatic carbocycles. The number of ether oxygens (including phenoxy) is 1. The fraction of sp³-hybridized carbons (Fsp3) is 0.412. The Morgan fingerprint density at radius 3 is 2.68 bits per heavy atom. The monoisotopic (exact) mass is 365 g/mol. The SMILES string of the molecule is CC(C)Cc1noc(COC(=O)[C@H](C)NC(=O)c2ccccc2Cl)n1. The van der Waals surface area contributed by atoms with Crippen LogP contribution in [-0.4, -0.2) is 28.1 Å². The molecule has 1 N–H and O–H groups in total. The van der Waals surface area contributed by atoms with E-state index in [1.54, 1.807) is 24.3 Å². The zero-order valence-corrected chi connectivity index (χ0v) is 15.0. The summed E-state index contributed by atoms with van der Waals surface area (Å²) in [5.74, 6) is 0.124. The van der Waals surface area contributed by atoms with Crippen molar-refractivity contribution in [3.05, 3.63) is 46.6 Å². The first-order valence-electron chi connectivity index (χ1n) is 7.90. The quantitative estimate of drug-likeness (QED) is 0.758. The van der Waals surface area contributed by atoms with Crippen LogP contribution in [0.25, 0.3) is 0 Å². The summed E-state index contributed by atoms with van der Waals surface area (Å²) in [7, 11) is 0. The van der Waals surface area contributed by atoms with Crippen LogP contribution in [0.5, 0.6) is 0 Å². The maximum atomic E-state index is 12.1. The average molecular weight is 366 g/mol. The Morgan fingerprint density at radius 2 is 2.00 bits per heavy atom. The summed E-state index contributed by atoms with van der Waals surface area (Å²) < 4.78 is 10.1. The molecule has 8 heteroatoms. The van der Waals surface area contributed by atoms with E-state index in [1.807, 2.05) is 13.8 Å². The van der Waals surface area contributed by atoms with E-state index in [1.165, 1.54) is 6.92 Å². The third-order valence-electron chi connectivity index (χ3n) is 3.26. The van der Waals surface area contributed by atoms with Gasteiger partial charge in [-0.25, -0.2) is 4.79 Å². The van der Waals surface area contributed by atoms with Crippen molar-refractivity contribution >= 4 is 23.5 Å². The summed E-state index contributed by atoms with van der Waals surface area (Å²) in [6.45, 7) is 5.46. The molecule has 25 heavy (non-hydrogen) atoms. The summed E-state index contributed by atoms with van der Waals surface area (Å²) in [5, 5.41) is 6.66. The van der Waals surface area contributed by atoms with Gasteiger partial charge in [0.25, 0.3) is 11.8 Å². The first-order chi connectivity index (χ1) is 11.9. The summed E-state index contributed by atoms with van der Waals surface area (Å²) in [4.78, 5) is 28.3. The Hall–Kier alpha value is -2.41. The predicted molar refractivity (Wildman–Crippen MR) is 91.0 cm³/mol. The number of carbonyl (C=O) groups is 2. The second-order valence-corrected chi connectivity index (χ2v) is 6.39. The number of carbonyl (C=O) groups excluding carboxylic acids is 2. The van der Waals surface area contributed by atoms with Crippen LogP contribution in [0.1, 0.15) is 42.8 Å². The van der Waals surface area contributed by atoms with Crippen molar-refractivity contribution in [1.29, 1.82) is 0 Å². The van der Waals surface area contributed by atoms with E-state index >= 15 is 0 Å². The molecule has 1 amide bonds. The molecule has 0 fully saturated rings. The highest BCUT2D eigenvalue weighted by Crippen LogP contribution is 2.14. The van der Waals surface area contributed by atoms with Gasteiger partial charge in [-0.1, -0.05) is 42.7 Å². The fourth-order valence-corrected chi connectivity index (χ4v) is 2.25. The van der Waals surface area contributed by atoms with Gasteiger partial charge in [0, 0.05) is 6.42 Å². The summed E-state index contributed by atoms with van der Waals surface area (Å²) >= 11 is 5.96. The number of aromatic nitrogens is 2. The number of hydrogen-bond donors (Lipinski definition) is 1. The lowest BCUT2D eigenvalue weighted by Crippen LogP contribution is -2.39. The number of amides is 1. The molecule has 0 aliphatic rings. The van der Waals surface area contributed by atoms with Crippen LogP contribution in [0.15, 0.2) is 28.8 Å². The van der Waals surface area contributed by atoms with E-state index in [0.29, 0.717) is 28.7 Å². The number of rotatable bonds is 7. The Labute approximate surface area is 150 Å². The molecule has 0 bridgehead atoms. The molecule has 1 aromatic carbocycles. The first kappa shape index (κ1) is 18.9. The molecule has 2 aromatic rings. The third kappa shape index (κ3) is 5.56. The van der Waals surface area contributed by atoms with Crippen molar-refractivity contribution in [3.8, 4) is 0 Å². The normalized spacial score (nSPS) is 12.0. The van der Waals surface area contributed by atoms with Crippen molar-refractivity contribution in [2.45, 2.75) is 39.8 Å². The second-order valence-electron chi connectivity index (χ2n) is 5.99. The maximum absolute atomic E-state index is 12.1. The minimum atomic E-state index is -0.846. The highest BCUT2D eigenvalue weighted by molar-refractivity contribution is 6.33. The van der Waals surface area contributed by atoms with Crippen molar-refractivity contribution in [2.24, 2.45) is 5.92 Å². The minimum Gasteiger partial charge on any atom is -0.454 e. The van der Waals surface area contributed by atoms with E-state index in [-0.39, 0.29) is 12.5 Å². The molecule has 134 valence electrons. The summed E-state index contributed by atoms with van der Waals surface area (Å²) in [5.41, 5.74) is 0.291. The van der Waals surface area contributed by atoms with Crippen molar-refractivity contribution in [3.63, 3.8) is 0 Å². The Kier molecular flexibility index (Phi) is 6.52. The molecule has 2 rings (SSSR count). The number of benzene rings is 1.